The number of nitrogens with one attached hydrogen (secondary N) is 2. The van der Waals surface area contributed by atoms with Crippen LogP contribution >= 0.6 is 0 Å². The van der Waals surface area contributed by atoms with Crippen molar-refractivity contribution in [2.45, 2.75) is 32.2 Å². The van der Waals surface area contributed by atoms with Crippen LogP contribution in [0.1, 0.15) is 36.1 Å². The molecule has 1 atom stereocenters. The summed E-state index contributed by atoms with van der Waals surface area (Å²) < 4.78 is 1.58. The van der Waals surface area contributed by atoms with Crippen LogP contribution in [0, 0.1) is 12.8 Å². The number of imide groups is 1. The standard InChI is InChI=1S/C16H19N7O3/c1-9-3-8-23-11(20-21-14(23)17-9)12(24)22-6-4-10(5-7-22)16(2)13(25)18-15(26)19-16/h3,8,10H,4-7H2,1-2H3,(H2,18,19,25,26). The number of nitrogens with zero attached hydrogens (tertiary/aromatic N) is 5. The number of fused-ring (bicyclic) bond motifs is 1. The summed E-state index contributed by atoms with van der Waals surface area (Å²) in [4.78, 5) is 42.3. The number of aryl methyl sites for hydroxylation is 1. The average molecular weight is 357 g/mol. The number of piperidine rings is 1. The molecule has 0 bridgehead atoms. The molecule has 2 aromatic rings. The molecule has 2 aromatic heterocycles. The molecule has 4 heterocycles. The number of hydrogen-bond donors (Lipinski definition) is 2. The smallest absolute Gasteiger partial charge is 0.322 e. The molecule has 2 saturated heterocycles. The van der Waals surface area contributed by atoms with Gasteiger partial charge in [0.25, 0.3) is 17.6 Å². The Morgan fingerprint density at radius 2 is 2.00 bits per heavy atom. The number of carbonyl (C=O) groups is 3. The van der Waals surface area contributed by atoms with E-state index in [-0.39, 0.29) is 23.6 Å². The van der Waals surface area contributed by atoms with Crippen LogP contribution in [0.5, 0.6) is 0 Å². The fourth-order valence-electron chi connectivity index (χ4n) is 3.67. The highest BCUT2D eigenvalue weighted by Gasteiger charge is 2.48. The minimum atomic E-state index is -0.921. The highest BCUT2D eigenvalue weighted by molar-refractivity contribution is 6.07. The number of carbonyl (C=O) groups excluding carboxylic acids is 3. The molecule has 4 rings (SSSR count). The van der Waals surface area contributed by atoms with Gasteiger partial charge < -0.3 is 10.2 Å². The van der Waals surface area contributed by atoms with Gasteiger partial charge in [-0.1, -0.05) is 0 Å². The van der Waals surface area contributed by atoms with Crippen molar-refractivity contribution >= 4 is 23.6 Å². The monoisotopic (exact) mass is 357 g/mol. The lowest BCUT2D eigenvalue weighted by Gasteiger charge is -2.38. The molecule has 0 saturated carbocycles. The van der Waals surface area contributed by atoms with Crippen molar-refractivity contribution in [2.75, 3.05) is 13.1 Å². The molecule has 2 fully saturated rings. The molecule has 26 heavy (non-hydrogen) atoms. The van der Waals surface area contributed by atoms with Crippen LogP contribution in [-0.2, 0) is 4.79 Å². The third-order valence-electron chi connectivity index (χ3n) is 5.28. The zero-order valence-electron chi connectivity index (χ0n) is 14.5. The first-order valence-electron chi connectivity index (χ1n) is 8.50. The number of hydrogen-bond acceptors (Lipinski definition) is 6. The van der Waals surface area contributed by atoms with Crippen LogP contribution in [0.15, 0.2) is 12.3 Å². The summed E-state index contributed by atoms with van der Waals surface area (Å²) >= 11 is 0. The van der Waals surface area contributed by atoms with Crippen LogP contribution < -0.4 is 10.6 Å². The van der Waals surface area contributed by atoms with E-state index in [9.17, 15) is 14.4 Å². The van der Waals surface area contributed by atoms with Crippen LogP contribution in [0.2, 0.25) is 0 Å². The number of likely N-dealkylation sites (tertiary alicyclic amines) is 1. The molecule has 2 N–H and O–H groups in total. The normalized spacial score (nSPS) is 24.0. The van der Waals surface area contributed by atoms with E-state index in [1.807, 2.05) is 6.92 Å². The Bertz CT molecular complexity index is 916. The molecule has 4 amide bonds. The largest absolute Gasteiger partial charge is 0.336 e. The maximum atomic E-state index is 12.8. The first-order chi connectivity index (χ1) is 12.4. The lowest BCUT2D eigenvalue weighted by Crippen LogP contribution is -2.54. The van der Waals surface area contributed by atoms with Crippen molar-refractivity contribution < 1.29 is 14.4 Å². The predicted molar refractivity (Wildman–Crippen MR) is 89.2 cm³/mol. The first kappa shape index (κ1) is 16.4. The first-order valence-corrected chi connectivity index (χ1v) is 8.50. The SMILES string of the molecule is Cc1ccn2c(C(=O)N3CCC(C4(C)NC(=O)NC4=O)CC3)nnc2n1. The summed E-state index contributed by atoms with van der Waals surface area (Å²) in [7, 11) is 0. The molecule has 1 unspecified atom stereocenters. The maximum Gasteiger partial charge on any atom is 0.322 e. The summed E-state index contributed by atoms with van der Waals surface area (Å²) in [5.41, 5.74) is -0.121. The van der Waals surface area contributed by atoms with Gasteiger partial charge in [0, 0.05) is 25.0 Å². The van der Waals surface area contributed by atoms with Crippen molar-refractivity contribution in [1.82, 2.24) is 35.1 Å². The van der Waals surface area contributed by atoms with Gasteiger partial charge in [-0.05, 0) is 38.7 Å². The Morgan fingerprint density at radius 1 is 1.27 bits per heavy atom. The third-order valence-corrected chi connectivity index (χ3v) is 5.28. The molecule has 2 aliphatic rings. The number of urea groups is 1. The number of aromatic nitrogens is 4. The zero-order valence-corrected chi connectivity index (χ0v) is 14.5. The van der Waals surface area contributed by atoms with E-state index < -0.39 is 11.6 Å². The molecular formula is C16H19N7O3. The number of rotatable bonds is 2. The van der Waals surface area contributed by atoms with E-state index in [0.717, 1.165) is 5.69 Å². The Morgan fingerprint density at radius 3 is 2.65 bits per heavy atom. The number of amides is 4. The molecule has 0 aromatic carbocycles. The van der Waals surface area contributed by atoms with Crippen LogP contribution in [0.4, 0.5) is 4.79 Å². The van der Waals surface area contributed by atoms with E-state index in [2.05, 4.69) is 25.8 Å². The van der Waals surface area contributed by atoms with E-state index in [1.54, 1.807) is 28.5 Å². The lowest BCUT2D eigenvalue weighted by molar-refractivity contribution is -0.125. The topological polar surface area (TPSA) is 122 Å². The molecule has 136 valence electrons. The lowest BCUT2D eigenvalue weighted by atomic mass is 9.79. The quantitative estimate of drug-likeness (QED) is 0.723. The Labute approximate surface area is 149 Å². The van der Waals surface area contributed by atoms with Crippen molar-refractivity contribution in [3.8, 4) is 0 Å². The van der Waals surface area contributed by atoms with Gasteiger partial charge in [-0.2, -0.15) is 0 Å². The molecule has 0 aliphatic carbocycles. The summed E-state index contributed by atoms with van der Waals surface area (Å²) in [5, 5.41) is 12.9. The van der Waals surface area contributed by atoms with Crippen molar-refractivity contribution in [1.29, 1.82) is 0 Å². The van der Waals surface area contributed by atoms with Crippen molar-refractivity contribution in [3.05, 3.63) is 23.8 Å². The van der Waals surface area contributed by atoms with Gasteiger partial charge in [0.2, 0.25) is 5.82 Å². The van der Waals surface area contributed by atoms with E-state index in [0.29, 0.717) is 31.7 Å². The fourth-order valence-corrected chi connectivity index (χ4v) is 3.67. The van der Waals surface area contributed by atoms with Crippen LogP contribution in [0.3, 0.4) is 0 Å². The van der Waals surface area contributed by atoms with Gasteiger partial charge in [-0.15, -0.1) is 10.2 Å². The molecule has 10 nitrogen and oxygen atoms in total. The molecule has 10 heteroatoms. The maximum absolute atomic E-state index is 12.8. The minimum absolute atomic E-state index is 0.0301. The highest BCUT2D eigenvalue weighted by atomic mass is 16.2. The summed E-state index contributed by atoms with van der Waals surface area (Å²) in [6.45, 7) is 4.54. The highest BCUT2D eigenvalue weighted by Crippen LogP contribution is 2.31. The Kier molecular flexibility index (Phi) is 3.63. The van der Waals surface area contributed by atoms with Crippen molar-refractivity contribution in [2.24, 2.45) is 5.92 Å². The Balaban J connectivity index is 1.48. The summed E-state index contributed by atoms with van der Waals surface area (Å²) in [5.74, 6) is 0.0615. The molecule has 2 aliphatic heterocycles. The minimum Gasteiger partial charge on any atom is -0.336 e. The van der Waals surface area contributed by atoms with Gasteiger partial charge >= 0.3 is 6.03 Å². The summed E-state index contributed by atoms with van der Waals surface area (Å²) in [6.07, 6.45) is 2.96. The fraction of sp³-hybridized carbons (Fsp3) is 0.500. The van der Waals surface area contributed by atoms with Gasteiger partial charge in [0.15, 0.2) is 0 Å². The molecular weight excluding hydrogens is 338 g/mol. The predicted octanol–water partition coefficient (Wildman–Crippen LogP) is -0.117. The van der Waals surface area contributed by atoms with Crippen LogP contribution in [-0.4, -0.2) is 61.0 Å². The second-order valence-electron chi connectivity index (χ2n) is 6.94. The van der Waals surface area contributed by atoms with Gasteiger partial charge in [-0.25, -0.2) is 9.78 Å². The average Bonchev–Trinajstić information content (AvgIpc) is 3.14. The van der Waals surface area contributed by atoms with Crippen LogP contribution in [0.25, 0.3) is 5.78 Å². The summed E-state index contributed by atoms with van der Waals surface area (Å²) in [6, 6.07) is 1.33. The second kappa shape index (κ2) is 5.75. The Hall–Kier alpha value is -3.04. The molecule has 0 radical (unpaired) electrons. The van der Waals surface area contributed by atoms with Gasteiger partial charge in [-0.3, -0.25) is 19.3 Å². The van der Waals surface area contributed by atoms with Gasteiger partial charge in [0.05, 0.1) is 0 Å². The van der Waals surface area contributed by atoms with Crippen molar-refractivity contribution in [3.63, 3.8) is 0 Å². The van der Waals surface area contributed by atoms with E-state index in [1.165, 1.54) is 0 Å². The third kappa shape index (κ3) is 2.49. The van der Waals surface area contributed by atoms with Gasteiger partial charge in [0.1, 0.15) is 5.54 Å². The van der Waals surface area contributed by atoms with E-state index >= 15 is 0 Å². The zero-order chi connectivity index (χ0) is 18.5. The second-order valence-corrected chi connectivity index (χ2v) is 6.94. The molecule has 0 spiro atoms. The van der Waals surface area contributed by atoms with E-state index in [4.69, 9.17) is 0 Å².